The second-order valence-electron chi connectivity index (χ2n) is 10.6. The summed E-state index contributed by atoms with van der Waals surface area (Å²) in [6, 6.07) is 2.12. The van der Waals surface area contributed by atoms with Gasteiger partial charge in [0.2, 0.25) is 5.95 Å². The number of anilines is 1. The van der Waals surface area contributed by atoms with E-state index in [1.165, 1.54) is 26.2 Å². The lowest BCUT2D eigenvalue weighted by Gasteiger charge is -2.50. The zero-order chi connectivity index (χ0) is 27.7. The summed E-state index contributed by atoms with van der Waals surface area (Å²) in [5.74, 6) is 0.583. The third-order valence-electron chi connectivity index (χ3n) is 7.58. The molecule has 0 aromatic carbocycles. The van der Waals surface area contributed by atoms with Crippen molar-refractivity contribution in [2.75, 3.05) is 31.6 Å². The fourth-order valence-electron chi connectivity index (χ4n) is 5.13. The molecule has 2 fully saturated rings. The van der Waals surface area contributed by atoms with Crippen LogP contribution in [0.4, 0.5) is 5.95 Å². The van der Waals surface area contributed by atoms with E-state index >= 15 is 0 Å². The quantitative estimate of drug-likeness (QED) is 0.471. The first-order valence-corrected chi connectivity index (χ1v) is 14.0. The molecule has 1 amide bonds. The molecule has 2 atom stereocenters. The number of piperazine rings is 1. The smallest absolute Gasteiger partial charge is 0.272 e. The summed E-state index contributed by atoms with van der Waals surface area (Å²) < 4.78 is 0. The molecule has 2 aliphatic heterocycles. The number of rotatable bonds is 9. The van der Waals surface area contributed by atoms with E-state index < -0.39 is 11.8 Å². The molecule has 3 heterocycles. The number of aliphatic hydroxyl groups is 1. The summed E-state index contributed by atoms with van der Waals surface area (Å²) in [6.45, 7) is 10.1. The Morgan fingerprint density at radius 1 is 1.18 bits per heavy atom. The Morgan fingerprint density at radius 3 is 2.39 bits per heavy atom. The largest absolute Gasteiger partial charge is 0.376 e. The minimum absolute atomic E-state index is 0.0933. The number of ketones is 1. The minimum Gasteiger partial charge on any atom is -0.376 e. The second-order valence-corrected chi connectivity index (χ2v) is 10.6. The molecule has 10 nitrogen and oxygen atoms in total. The summed E-state index contributed by atoms with van der Waals surface area (Å²) in [5, 5.41) is 20.1. The first-order chi connectivity index (χ1) is 18.2. The van der Waals surface area contributed by atoms with Gasteiger partial charge in [-0.25, -0.2) is 9.97 Å². The minimum atomic E-state index is -0.857. The average Bonchev–Trinajstić information content (AvgIpc) is 2.92. The van der Waals surface area contributed by atoms with Gasteiger partial charge >= 0.3 is 0 Å². The molecular formula is C28H45N7O3. The lowest BCUT2D eigenvalue weighted by molar-refractivity contribution is -0.147. The predicted molar refractivity (Wildman–Crippen MR) is 150 cm³/mol. The number of likely N-dealkylation sites (N-methyl/N-ethyl adjacent to an activating group) is 1. The van der Waals surface area contributed by atoms with E-state index in [-0.39, 0.29) is 17.7 Å². The number of fused-ring (bicyclic) bond motifs is 1. The maximum absolute atomic E-state index is 12.8. The highest BCUT2D eigenvalue weighted by atomic mass is 16.3. The molecule has 10 heteroatoms. The highest BCUT2D eigenvalue weighted by Crippen LogP contribution is 2.32. The number of aliphatic hydroxyl groups excluding tert-OH is 1. The molecule has 2 unspecified atom stereocenters. The number of hydrogen-bond donors (Lipinski definition) is 2. The molecule has 1 saturated carbocycles. The van der Waals surface area contributed by atoms with E-state index in [0.717, 1.165) is 44.7 Å². The topological polar surface area (TPSA) is 114 Å². The zero-order valence-electron chi connectivity index (χ0n) is 23.7. The van der Waals surface area contributed by atoms with Gasteiger partial charge in [0, 0.05) is 51.9 Å². The number of nitrogens with zero attached hydrogens (tertiary/aromatic N) is 6. The molecule has 3 aliphatic rings. The molecule has 0 radical (unpaired) electrons. The molecule has 38 heavy (non-hydrogen) atoms. The Balaban J connectivity index is 0.000000260. The summed E-state index contributed by atoms with van der Waals surface area (Å²) in [6.07, 6.45) is 12.8. The lowest BCUT2D eigenvalue weighted by Crippen LogP contribution is -2.69. The number of carbonyl (C=O) groups is 2. The van der Waals surface area contributed by atoms with Crippen molar-refractivity contribution in [1.29, 1.82) is 0 Å². The van der Waals surface area contributed by atoms with E-state index in [2.05, 4.69) is 39.1 Å². The van der Waals surface area contributed by atoms with Crippen molar-refractivity contribution in [3.63, 3.8) is 0 Å². The second kappa shape index (κ2) is 13.8. The number of amides is 1. The molecule has 2 N–H and O–H groups in total. The van der Waals surface area contributed by atoms with Crippen LogP contribution < -0.4 is 10.2 Å². The first kappa shape index (κ1) is 29.7. The number of Topliss-reactive ketones (excluding diaryl/α,β-unsaturated/α-hetero) is 1. The summed E-state index contributed by atoms with van der Waals surface area (Å²) in [7, 11) is 1.72. The summed E-state index contributed by atoms with van der Waals surface area (Å²) >= 11 is 0. The molecule has 0 spiro atoms. The van der Waals surface area contributed by atoms with Crippen LogP contribution in [0, 0.1) is 0 Å². The van der Waals surface area contributed by atoms with Crippen LogP contribution >= 0.6 is 0 Å². The number of aromatic nitrogens is 2. The molecule has 0 bridgehead atoms. The third-order valence-corrected chi connectivity index (χ3v) is 7.58. The van der Waals surface area contributed by atoms with Crippen LogP contribution in [0.2, 0.25) is 0 Å². The van der Waals surface area contributed by atoms with Crippen molar-refractivity contribution in [1.82, 2.24) is 25.2 Å². The number of allylic oxidation sites excluding steroid dienone is 1. The first-order valence-electron chi connectivity index (χ1n) is 14.0. The standard InChI is InChI=1S/C18H28N4O3.C10H17N3/c1-12(23)14-9-10-15-16(24)21(3)18(2,11-22(15)20-14)17(25)19-13-7-5-4-6-8-13;1-3-8-13(9-4-2)10-11-6-5-7-12-10/h10,13,17,19,25H,4-9,11H2,1-3H3;5-7H,3-4,8-9H2,1-2H3. The Kier molecular flexibility index (Phi) is 10.8. The van der Waals surface area contributed by atoms with Gasteiger partial charge in [-0.15, -0.1) is 0 Å². The predicted octanol–water partition coefficient (Wildman–Crippen LogP) is 3.10. The van der Waals surface area contributed by atoms with Crippen LogP contribution in [0.1, 0.15) is 79.1 Å². The van der Waals surface area contributed by atoms with Gasteiger partial charge in [-0.1, -0.05) is 33.1 Å². The molecule has 1 aliphatic carbocycles. The van der Waals surface area contributed by atoms with E-state index in [1.807, 2.05) is 13.0 Å². The number of nitrogens with one attached hydrogen (secondary N) is 1. The van der Waals surface area contributed by atoms with Crippen molar-refractivity contribution in [2.24, 2.45) is 5.10 Å². The number of hydrazone groups is 1. The van der Waals surface area contributed by atoms with Crippen molar-refractivity contribution < 1.29 is 14.7 Å². The van der Waals surface area contributed by atoms with E-state index in [1.54, 1.807) is 35.4 Å². The van der Waals surface area contributed by atoms with E-state index in [4.69, 9.17) is 0 Å². The molecule has 1 saturated heterocycles. The summed E-state index contributed by atoms with van der Waals surface area (Å²) in [5.41, 5.74) is 0.0993. The van der Waals surface area contributed by atoms with Gasteiger partial charge in [-0.2, -0.15) is 5.10 Å². The third kappa shape index (κ3) is 7.17. The molecular weight excluding hydrogens is 482 g/mol. The number of hydrogen-bond acceptors (Lipinski definition) is 9. The SMILES string of the molecule is CC(=O)C1=NN2CC(C)(C(O)NC3CCCCC3)N(C)C(=O)C2=CC1.CCCN(CCC)c1ncccn1. The van der Waals surface area contributed by atoms with Crippen molar-refractivity contribution >= 4 is 23.4 Å². The highest BCUT2D eigenvalue weighted by molar-refractivity contribution is 6.39. The normalized spacial score (nSPS) is 22.5. The van der Waals surface area contributed by atoms with Crippen LogP contribution in [0.5, 0.6) is 0 Å². The van der Waals surface area contributed by atoms with Crippen LogP contribution in [0.15, 0.2) is 35.3 Å². The lowest BCUT2D eigenvalue weighted by atomic mass is 9.90. The van der Waals surface area contributed by atoms with Crippen molar-refractivity contribution in [3.8, 4) is 0 Å². The van der Waals surface area contributed by atoms with Crippen molar-refractivity contribution in [3.05, 3.63) is 30.2 Å². The highest BCUT2D eigenvalue weighted by Gasteiger charge is 2.48. The molecule has 4 rings (SSSR count). The van der Waals surface area contributed by atoms with Gasteiger partial charge in [0.1, 0.15) is 17.6 Å². The summed E-state index contributed by atoms with van der Waals surface area (Å²) in [4.78, 5) is 36.7. The Morgan fingerprint density at radius 2 is 1.82 bits per heavy atom. The maximum atomic E-state index is 12.8. The van der Waals surface area contributed by atoms with Gasteiger partial charge in [0.05, 0.1) is 12.1 Å². The van der Waals surface area contributed by atoms with Crippen LogP contribution in [-0.4, -0.2) is 86.9 Å². The zero-order valence-corrected chi connectivity index (χ0v) is 23.7. The van der Waals surface area contributed by atoms with Gasteiger partial charge in [0.25, 0.3) is 5.91 Å². The monoisotopic (exact) mass is 527 g/mol. The van der Waals surface area contributed by atoms with Gasteiger partial charge < -0.3 is 14.9 Å². The number of carbonyl (C=O) groups excluding carboxylic acids is 2. The van der Waals surface area contributed by atoms with Gasteiger partial charge in [-0.3, -0.25) is 19.9 Å². The van der Waals surface area contributed by atoms with Crippen molar-refractivity contribution in [2.45, 2.75) is 96.9 Å². The fourth-order valence-corrected chi connectivity index (χ4v) is 5.13. The van der Waals surface area contributed by atoms with Gasteiger partial charge in [-0.05, 0) is 44.7 Å². The molecule has 1 aromatic heterocycles. The Bertz CT molecular complexity index is 987. The Labute approximate surface area is 227 Å². The van der Waals surface area contributed by atoms with E-state index in [0.29, 0.717) is 24.4 Å². The average molecular weight is 528 g/mol. The van der Waals surface area contributed by atoms with Crippen LogP contribution in [-0.2, 0) is 9.59 Å². The molecule has 210 valence electrons. The fraction of sp³-hybridized carbons (Fsp3) is 0.679. The van der Waals surface area contributed by atoms with Crippen LogP contribution in [0.25, 0.3) is 0 Å². The Hall–Kier alpha value is -2.85. The van der Waals surface area contributed by atoms with Crippen LogP contribution in [0.3, 0.4) is 0 Å². The molecule has 1 aromatic rings. The van der Waals surface area contributed by atoms with Gasteiger partial charge in [0.15, 0.2) is 5.78 Å². The van der Waals surface area contributed by atoms with E-state index in [9.17, 15) is 14.7 Å². The maximum Gasteiger partial charge on any atom is 0.272 e.